The molecule has 0 unspecified atom stereocenters. The first-order valence-electron chi connectivity index (χ1n) is 8.89. The Kier molecular flexibility index (Phi) is 4.12. The second-order valence-electron chi connectivity index (χ2n) is 6.82. The smallest absolute Gasteiger partial charge is 0.237 e. The van der Waals surface area contributed by atoms with Crippen molar-refractivity contribution in [2.45, 2.75) is 30.8 Å². The molecule has 4 rings (SSSR count). The Morgan fingerprint density at radius 2 is 1.64 bits per heavy atom. The number of ether oxygens (including phenoxy) is 2. The van der Waals surface area contributed by atoms with Gasteiger partial charge < -0.3 is 14.4 Å². The highest BCUT2D eigenvalue weighted by atomic mass is 16.5. The maximum atomic E-state index is 13.3. The number of hydrogen-bond acceptors (Lipinski definition) is 3. The van der Waals surface area contributed by atoms with Crippen LogP contribution < -0.4 is 9.47 Å². The SMILES string of the molecule is COc1ccc(O[C@H]2C[C@]2(C(=O)N2CCCC2)c2ccccc2)cc1. The minimum Gasteiger partial charge on any atom is -0.497 e. The highest BCUT2D eigenvalue weighted by molar-refractivity contribution is 5.93. The average Bonchev–Trinajstić information content (AvgIpc) is 3.12. The first-order chi connectivity index (χ1) is 12.2. The summed E-state index contributed by atoms with van der Waals surface area (Å²) >= 11 is 0. The lowest BCUT2D eigenvalue weighted by molar-refractivity contribution is -0.133. The van der Waals surface area contributed by atoms with Gasteiger partial charge in [-0.25, -0.2) is 0 Å². The molecule has 2 aromatic rings. The van der Waals surface area contributed by atoms with E-state index in [1.54, 1.807) is 7.11 Å². The first kappa shape index (κ1) is 16.0. The summed E-state index contributed by atoms with van der Waals surface area (Å²) in [6.45, 7) is 1.73. The molecule has 2 fully saturated rings. The zero-order valence-electron chi connectivity index (χ0n) is 14.5. The van der Waals surface area contributed by atoms with Crippen LogP contribution in [0.2, 0.25) is 0 Å². The Morgan fingerprint density at radius 3 is 2.28 bits per heavy atom. The van der Waals surface area contributed by atoms with Crippen molar-refractivity contribution in [3.05, 3.63) is 60.2 Å². The summed E-state index contributed by atoms with van der Waals surface area (Å²) in [6, 6.07) is 17.6. The van der Waals surface area contributed by atoms with Crippen LogP contribution in [0.5, 0.6) is 11.5 Å². The topological polar surface area (TPSA) is 38.8 Å². The summed E-state index contributed by atoms with van der Waals surface area (Å²) in [7, 11) is 1.64. The molecule has 0 N–H and O–H groups in total. The van der Waals surface area contributed by atoms with Crippen molar-refractivity contribution < 1.29 is 14.3 Å². The molecule has 1 saturated heterocycles. The second-order valence-corrected chi connectivity index (χ2v) is 6.82. The van der Waals surface area contributed by atoms with Crippen LogP contribution in [0.25, 0.3) is 0 Å². The third-order valence-corrected chi connectivity index (χ3v) is 5.30. The molecular formula is C21H23NO3. The van der Waals surface area contributed by atoms with E-state index in [1.807, 2.05) is 59.5 Å². The lowest BCUT2D eigenvalue weighted by Crippen LogP contribution is -2.40. The first-order valence-corrected chi connectivity index (χ1v) is 8.89. The number of carbonyl (C=O) groups excluding carboxylic acids is 1. The number of benzene rings is 2. The summed E-state index contributed by atoms with van der Waals surface area (Å²) in [5.41, 5.74) is 0.524. The van der Waals surface area contributed by atoms with Crippen molar-refractivity contribution in [1.29, 1.82) is 0 Å². The Morgan fingerprint density at radius 1 is 1.00 bits per heavy atom. The summed E-state index contributed by atoms with van der Waals surface area (Å²) in [5, 5.41) is 0. The van der Waals surface area contributed by atoms with E-state index in [-0.39, 0.29) is 12.0 Å². The van der Waals surface area contributed by atoms with Gasteiger partial charge in [0.25, 0.3) is 0 Å². The van der Waals surface area contributed by atoms with Crippen molar-refractivity contribution in [1.82, 2.24) is 4.90 Å². The molecule has 1 amide bonds. The lowest BCUT2D eigenvalue weighted by atomic mass is 9.94. The molecular weight excluding hydrogens is 314 g/mol. The van der Waals surface area contributed by atoms with Gasteiger partial charge in [-0.15, -0.1) is 0 Å². The van der Waals surface area contributed by atoms with Gasteiger partial charge in [0.1, 0.15) is 23.0 Å². The molecule has 2 aromatic carbocycles. The van der Waals surface area contributed by atoms with Gasteiger partial charge >= 0.3 is 0 Å². The molecule has 0 aromatic heterocycles. The molecule has 0 radical (unpaired) electrons. The van der Waals surface area contributed by atoms with E-state index >= 15 is 0 Å². The van der Waals surface area contributed by atoms with E-state index in [0.29, 0.717) is 0 Å². The molecule has 130 valence electrons. The number of nitrogens with zero attached hydrogens (tertiary/aromatic N) is 1. The number of rotatable bonds is 5. The molecule has 1 aliphatic carbocycles. The molecule has 4 nitrogen and oxygen atoms in total. The fourth-order valence-electron chi connectivity index (χ4n) is 3.78. The monoisotopic (exact) mass is 337 g/mol. The van der Waals surface area contributed by atoms with Gasteiger partial charge in [0, 0.05) is 19.5 Å². The van der Waals surface area contributed by atoms with Gasteiger partial charge in [0.15, 0.2) is 0 Å². The summed E-state index contributed by atoms with van der Waals surface area (Å²) in [6.07, 6.45) is 2.82. The minimum absolute atomic E-state index is 0.114. The van der Waals surface area contributed by atoms with Crippen LogP contribution >= 0.6 is 0 Å². The number of amides is 1. The predicted molar refractivity (Wildman–Crippen MR) is 96.0 cm³/mol. The highest BCUT2D eigenvalue weighted by Crippen LogP contribution is 2.52. The molecule has 0 bridgehead atoms. The minimum atomic E-state index is -0.536. The quantitative estimate of drug-likeness (QED) is 0.839. The second kappa shape index (κ2) is 6.43. The van der Waals surface area contributed by atoms with Crippen LogP contribution in [-0.4, -0.2) is 37.1 Å². The van der Waals surface area contributed by atoms with Crippen LogP contribution in [0.15, 0.2) is 54.6 Å². The molecule has 0 spiro atoms. The van der Waals surface area contributed by atoms with Crippen LogP contribution in [0.4, 0.5) is 0 Å². The van der Waals surface area contributed by atoms with Crippen molar-refractivity contribution in [2.24, 2.45) is 0 Å². The van der Waals surface area contributed by atoms with Gasteiger partial charge in [-0.3, -0.25) is 4.79 Å². The van der Waals surface area contributed by atoms with E-state index in [0.717, 1.165) is 49.4 Å². The van der Waals surface area contributed by atoms with Gasteiger partial charge in [0.2, 0.25) is 5.91 Å². The fourth-order valence-corrected chi connectivity index (χ4v) is 3.78. The molecule has 2 atom stereocenters. The number of likely N-dealkylation sites (tertiary alicyclic amines) is 1. The number of methoxy groups -OCH3 is 1. The third-order valence-electron chi connectivity index (χ3n) is 5.30. The zero-order chi connectivity index (χ0) is 17.3. The molecule has 4 heteroatoms. The van der Waals surface area contributed by atoms with Crippen molar-refractivity contribution >= 4 is 5.91 Å². The van der Waals surface area contributed by atoms with Crippen molar-refractivity contribution in [3.63, 3.8) is 0 Å². The van der Waals surface area contributed by atoms with E-state index < -0.39 is 5.41 Å². The van der Waals surface area contributed by atoms with Crippen molar-refractivity contribution in [3.8, 4) is 11.5 Å². The maximum Gasteiger partial charge on any atom is 0.237 e. The lowest BCUT2D eigenvalue weighted by Gasteiger charge is -2.24. The van der Waals surface area contributed by atoms with Gasteiger partial charge in [-0.05, 0) is 42.7 Å². The summed E-state index contributed by atoms with van der Waals surface area (Å²) in [4.78, 5) is 15.3. The summed E-state index contributed by atoms with van der Waals surface area (Å²) in [5.74, 6) is 1.79. The standard InChI is InChI=1S/C21H23NO3/c1-24-17-9-11-18(12-10-17)25-19-15-21(19,16-7-3-2-4-8-16)20(23)22-13-5-6-14-22/h2-4,7-12,19H,5-6,13-15H2,1H3/t19-,21-/m0/s1. The van der Waals surface area contributed by atoms with E-state index in [4.69, 9.17) is 9.47 Å². The predicted octanol–water partition coefficient (Wildman–Crippen LogP) is 3.41. The Balaban J connectivity index is 1.58. The summed E-state index contributed by atoms with van der Waals surface area (Å²) < 4.78 is 11.4. The molecule has 1 aliphatic heterocycles. The molecule has 2 aliphatic rings. The molecule has 1 heterocycles. The third kappa shape index (κ3) is 2.86. The van der Waals surface area contributed by atoms with E-state index in [2.05, 4.69) is 0 Å². The van der Waals surface area contributed by atoms with E-state index in [9.17, 15) is 4.79 Å². The zero-order valence-corrected chi connectivity index (χ0v) is 14.5. The average molecular weight is 337 g/mol. The van der Waals surface area contributed by atoms with Crippen LogP contribution in [0, 0.1) is 0 Å². The fraction of sp³-hybridized carbons (Fsp3) is 0.381. The van der Waals surface area contributed by atoms with E-state index in [1.165, 1.54) is 0 Å². The van der Waals surface area contributed by atoms with Gasteiger partial charge in [-0.2, -0.15) is 0 Å². The normalized spacial score (nSPS) is 24.8. The van der Waals surface area contributed by atoms with Crippen LogP contribution in [-0.2, 0) is 10.2 Å². The van der Waals surface area contributed by atoms with Gasteiger partial charge in [0.05, 0.1) is 7.11 Å². The number of hydrogen-bond donors (Lipinski definition) is 0. The Hall–Kier alpha value is -2.49. The Bertz CT molecular complexity index is 737. The highest BCUT2D eigenvalue weighted by Gasteiger charge is 2.64. The van der Waals surface area contributed by atoms with Gasteiger partial charge in [-0.1, -0.05) is 30.3 Å². The largest absolute Gasteiger partial charge is 0.497 e. The Labute approximate surface area is 148 Å². The van der Waals surface area contributed by atoms with Crippen molar-refractivity contribution in [2.75, 3.05) is 20.2 Å². The maximum absolute atomic E-state index is 13.3. The molecule has 25 heavy (non-hydrogen) atoms. The van der Waals surface area contributed by atoms with Crippen LogP contribution in [0.3, 0.4) is 0 Å². The van der Waals surface area contributed by atoms with Crippen LogP contribution in [0.1, 0.15) is 24.8 Å². The molecule has 1 saturated carbocycles. The number of carbonyl (C=O) groups is 1.